The predicted octanol–water partition coefficient (Wildman–Crippen LogP) is 5.21. The summed E-state index contributed by atoms with van der Waals surface area (Å²) >= 11 is 0. The number of carbonyl (C=O) groups excluding carboxylic acids is 1. The molecule has 1 rings (SSSR count). The van der Waals surface area contributed by atoms with Gasteiger partial charge >= 0.3 is 0 Å². The SMILES string of the molecule is CC.CC(C)=O.CCCC(CCC)n1cc(CC)cn1. The first kappa shape index (κ1) is 21.2. The number of hydrogen-bond acceptors (Lipinski definition) is 2. The first-order chi connectivity index (χ1) is 9.54. The second-order valence-electron chi connectivity index (χ2n) is 4.82. The molecule has 0 bridgehead atoms. The molecule has 0 spiro atoms. The van der Waals surface area contributed by atoms with Crippen LogP contribution in [0.4, 0.5) is 0 Å². The van der Waals surface area contributed by atoms with Crippen LogP contribution in [0.1, 0.15) is 85.8 Å². The van der Waals surface area contributed by atoms with Gasteiger partial charge < -0.3 is 4.79 Å². The third-order valence-corrected chi connectivity index (χ3v) is 2.68. The number of aryl methyl sites for hydroxylation is 1. The third kappa shape index (κ3) is 10.8. The summed E-state index contributed by atoms with van der Waals surface area (Å²) in [6.07, 6.45) is 10.3. The molecule has 0 fully saturated rings. The average molecular weight is 282 g/mol. The lowest BCUT2D eigenvalue weighted by atomic mass is 10.1. The van der Waals surface area contributed by atoms with Crippen LogP contribution in [0.25, 0.3) is 0 Å². The van der Waals surface area contributed by atoms with Gasteiger partial charge in [0.1, 0.15) is 5.78 Å². The zero-order valence-electron chi connectivity index (χ0n) is 14.6. The molecule has 0 aliphatic heterocycles. The molecule has 0 saturated heterocycles. The Morgan fingerprint density at radius 3 is 1.90 bits per heavy atom. The van der Waals surface area contributed by atoms with E-state index >= 15 is 0 Å². The summed E-state index contributed by atoms with van der Waals surface area (Å²) in [7, 11) is 0. The van der Waals surface area contributed by atoms with E-state index < -0.39 is 0 Å². The van der Waals surface area contributed by atoms with Crippen LogP contribution in [0.15, 0.2) is 12.4 Å². The van der Waals surface area contributed by atoms with Gasteiger partial charge in [0.05, 0.1) is 12.2 Å². The van der Waals surface area contributed by atoms with Crippen molar-refractivity contribution in [3.8, 4) is 0 Å². The number of aromatic nitrogens is 2. The Bertz CT molecular complexity index is 321. The van der Waals surface area contributed by atoms with Gasteiger partial charge in [-0.15, -0.1) is 0 Å². The minimum absolute atomic E-state index is 0.167. The number of nitrogens with zero attached hydrogens (tertiary/aromatic N) is 2. The Morgan fingerprint density at radius 2 is 1.60 bits per heavy atom. The summed E-state index contributed by atoms with van der Waals surface area (Å²) < 4.78 is 2.16. The molecule has 0 unspecified atom stereocenters. The lowest BCUT2D eigenvalue weighted by Crippen LogP contribution is -2.09. The summed E-state index contributed by atoms with van der Waals surface area (Å²) in [5.74, 6) is 0.167. The normalized spacial score (nSPS) is 9.40. The van der Waals surface area contributed by atoms with Crippen molar-refractivity contribution in [3.63, 3.8) is 0 Å². The first-order valence-corrected chi connectivity index (χ1v) is 8.05. The van der Waals surface area contributed by atoms with Crippen molar-refractivity contribution < 1.29 is 4.79 Å². The van der Waals surface area contributed by atoms with Crippen LogP contribution in [0.5, 0.6) is 0 Å². The Labute approximate surface area is 125 Å². The number of hydrogen-bond donors (Lipinski definition) is 0. The van der Waals surface area contributed by atoms with E-state index in [4.69, 9.17) is 0 Å². The van der Waals surface area contributed by atoms with E-state index in [2.05, 4.69) is 36.7 Å². The summed E-state index contributed by atoms with van der Waals surface area (Å²) in [6, 6.07) is 0.616. The van der Waals surface area contributed by atoms with Crippen molar-refractivity contribution in [3.05, 3.63) is 18.0 Å². The van der Waals surface area contributed by atoms with Gasteiger partial charge in [-0.3, -0.25) is 4.68 Å². The molecule has 1 aromatic heterocycles. The van der Waals surface area contributed by atoms with Crippen molar-refractivity contribution in [2.45, 2.75) is 86.6 Å². The molecule has 0 aromatic carbocycles. The highest BCUT2D eigenvalue weighted by Gasteiger charge is 2.09. The molecule has 20 heavy (non-hydrogen) atoms. The van der Waals surface area contributed by atoms with E-state index in [1.165, 1.54) is 45.1 Å². The van der Waals surface area contributed by atoms with Gasteiger partial charge in [-0.2, -0.15) is 5.10 Å². The van der Waals surface area contributed by atoms with Crippen LogP contribution in [0, 0.1) is 0 Å². The van der Waals surface area contributed by atoms with Gasteiger partial charge in [0.2, 0.25) is 0 Å². The van der Waals surface area contributed by atoms with E-state index in [9.17, 15) is 4.79 Å². The molecule has 0 saturated carbocycles. The summed E-state index contributed by atoms with van der Waals surface area (Å²) in [5, 5.41) is 4.44. The lowest BCUT2D eigenvalue weighted by Gasteiger charge is -2.15. The molecule has 0 atom stereocenters. The molecular formula is C17H34N2O. The quantitative estimate of drug-likeness (QED) is 0.718. The fourth-order valence-electron chi connectivity index (χ4n) is 1.83. The molecule has 3 heteroatoms. The second-order valence-corrected chi connectivity index (χ2v) is 4.82. The molecule has 0 aliphatic rings. The summed E-state index contributed by atoms with van der Waals surface area (Å²) in [5.41, 5.74) is 1.35. The van der Waals surface area contributed by atoms with Gasteiger partial charge in [0.15, 0.2) is 0 Å². The van der Waals surface area contributed by atoms with E-state index in [0.717, 1.165) is 6.42 Å². The highest BCUT2D eigenvalue weighted by molar-refractivity contribution is 5.72. The Hall–Kier alpha value is -1.12. The Morgan fingerprint density at radius 1 is 1.15 bits per heavy atom. The maximum absolute atomic E-state index is 9.44. The van der Waals surface area contributed by atoms with Crippen molar-refractivity contribution in [1.29, 1.82) is 0 Å². The van der Waals surface area contributed by atoms with E-state index in [1.54, 1.807) is 0 Å². The minimum Gasteiger partial charge on any atom is -0.300 e. The zero-order valence-corrected chi connectivity index (χ0v) is 14.6. The van der Waals surface area contributed by atoms with Gasteiger partial charge in [-0.05, 0) is 38.7 Å². The fourth-order valence-corrected chi connectivity index (χ4v) is 1.83. The third-order valence-electron chi connectivity index (χ3n) is 2.68. The lowest BCUT2D eigenvalue weighted by molar-refractivity contribution is -0.114. The van der Waals surface area contributed by atoms with E-state index in [1.807, 2.05) is 20.0 Å². The van der Waals surface area contributed by atoms with Gasteiger partial charge in [-0.25, -0.2) is 0 Å². The molecule has 1 heterocycles. The zero-order chi connectivity index (χ0) is 16.0. The topological polar surface area (TPSA) is 34.9 Å². The second kappa shape index (κ2) is 14.3. The molecule has 0 N–H and O–H groups in total. The molecule has 3 nitrogen and oxygen atoms in total. The number of rotatable bonds is 6. The molecular weight excluding hydrogens is 248 g/mol. The largest absolute Gasteiger partial charge is 0.300 e. The van der Waals surface area contributed by atoms with Crippen LogP contribution < -0.4 is 0 Å². The summed E-state index contributed by atoms with van der Waals surface area (Å²) in [4.78, 5) is 9.44. The molecule has 0 radical (unpaired) electrons. The molecule has 1 aromatic rings. The van der Waals surface area contributed by atoms with Crippen molar-refractivity contribution in [2.24, 2.45) is 0 Å². The highest BCUT2D eigenvalue weighted by Crippen LogP contribution is 2.19. The minimum atomic E-state index is 0.167. The first-order valence-electron chi connectivity index (χ1n) is 8.05. The van der Waals surface area contributed by atoms with Gasteiger partial charge in [0, 0.05) is 6.20 Å². The molecule has 118 valence electrons. The van der Waals surface area contributed by atoms with Crippen molar-refractivity contribution in [1.82, 2.24) is 9.78 Å². The molecule has 0 aliphatic carbocycles. The van der Waals surface area contributed by atoms with Crippen LogP contribution in [-0.4, -0.2) is 15.6 Å². The average Bonchev–Trinajstić information content (AvgIpc) is 2.89. The van der Waals surface area contributed by atoms with Crippen LogP contribution in [0.3, 0.4) is 0 Å². The fraction of sp³-hybridized carbons (Fsp3) is 0.765. The van der Waals surface area contributed by atoms with Crippen LogP contribution in [-0.2, 0) is 11.2 Å². The smallest absolute Gasteiger partial charge is 0.126 e. The number of ketones is 1. The summed E-state index contributed by atoms with van der Waals surface area (Å²) in [6.45, 7) is 13.7. The predicted molar refractivity (Wildman–Crippen MR) is 88.2 cm³/mol. The number of carbonyl (C=O) groups is 1. The van der Waals surface area contributed by atoms with Crippen LogP contribution in [0.2, 0.25) is 0 Å². The molecule has 0 amide bonds. The van der Waals surface area contributed by atoms with Gasteiger partial charge in [0.25, 0.3) is 0 Å². The number of Topliss-reactive ketones (excluding diaryl/α,β-unsaturated/α-hetero) is 1. The Balaban J connectivity index is 0. The van der Waals surface area contributed by atoms with E-state index in [0.29, 0.717) is 6.04 Å². The standard InChI is InChI=1S/C12H22N2.C3H6O.C2H6/c1-4-7-12(8-5-2)14-10-11(6-3)9-13-14;1-3(2)4;1-2/h9-10,12H,4-8H2,1-3H3;1-2H3;1-2H3. The van der Waals surface area contributed by atoms with Crippen molar-refractivity contribution >= 4 is 5.78 Å². The van der Waals surface area contributed by atoms with E-state index in [-0.39, 0.29) is 5.78 Å². The Kier molecular flexibility index (Phi) is 15.1. The highest BCUT2D eigenvalue weighted by atomic mass is 16.1. The van der Waals surface area contributed by atoms with Gasteiger partial charge in [-0.1, -0.05) is 47.5 Å². The van der Waals surface area contributed by atoms with Crippen LogP contribution >= 0.6 is 0 Å². The maximum Gasteiger partial charge on any atom is 0.126 e. The van der Waals surface area contributed by atoms with Crippen molar-refractivity contribution in [2.75, 3.05) is 0 Å². The maximum atomic E-state index is 9.44. The monoisotopic (exact) mass is 282 g/mol.